The first kappa shape index (κ1) is 18.4. The molecule has 0 spiro atoms. The molecule has 0 bridgehead atoms. The lowest BCUT2D eigenvalue weighted by Gasteiger charge is -2.34. The number of hydrogen-bond donors (Lipinski definition) is 0. The lowest BCUT2D eigenvalue weighted by Crippen LogP contribution is -2.48. The molecule has 0 aromatic heterocycles. The average Bonchev–Trinajstić information content (AvgIpc) is 2.68. The predicted molar refractivity (Wildman–Crippen MR) is 100 cm³/mol. The molecule has 0 radical (unpaired) electrons. The molecular formula is C20H21ClN2O3. The van der Waals surface area contributed by atoms with Crippen molar-refractivity contribution in [2.24, 2.45) is 0 Å². The van der Waals surface area contributed by atoms with E-state index < -0.39 is 0 Å². The molecule has 1 saturated heterocycles. The van der Waals surface area contributed by atoms with E-state index in [1.165, 1.54) is 7.11 Å². The number of hydrogen-bond acceptors (Lipinski definition) is 4. The number of ether oxygens (including phenoxy) is 1. The summed E-state index contributed by atoms with van der Waals surface area (Å²) in [5.74, 6) is -0.306. The third kappa shape index (κ3) is 4.42. The lowest BCUT2D eigenvalue weighted by molar-refractivity contribution is 0.0599. The number of esters is 1. The van der Waals surface area contributed by atoms with Crippen molar-refractivity contribution in [3.05, 3.63) is 70.2 Å². The molecule has 0 aliphatic carbocycles. The molecule has 6 heteroatoms. The van der Waals surface area contributed by atoms with E-state index >= 15 is 0 Å². The Labute approximate surface area is 158 Å². The minimum atomic E-state index is -0.329. The molecule has 0 atom stereocenters. The largest absolute Gasteiger partial charge is 0.465 e. The van der Waals surface area contributed by atoms with Crippen molar-refractivity contribution in [2.45, 2.75) is 6.54 Å². The van der Waals surface area contributed by atoms with Crippen LogP contribution >= 0.6 is 11.6 Å². The van der Waals surface area contributed by atoms with E-state index in [2.05, 4.69) is 4.90 Å². The maximum absolute atomic E-state index is 12.6. The predicted octanol–water partition coefficient (Wildman–Crippen LogP) is 3.08. The van der Waals surface area contributed by atoms with Gasteiger partial charge in [-0.2, -0.15) is 0 Å². The van der Waals surface area contributed by atoms with Crippen molar-refractivity contribution >= 4 is 23.5 Å². The first-order valence-electron chi connectivity index (χ1n) is 8.51. The highest BCUT2D eigenvalue weighted by Crippen LogP contribution is 2.15. The Morgan fingerprint density at radius 2 is 1.69 bits per heavy atom. The second kappa shape index (κ2) is 8.34. The van der Waals surface area contributed by atoms with Gasteiger partial charge in [0.05, 0.1) is 12.7 Å². The number of methoxy groups -OCH3 is 1. The fourth-order valence-electron chi connectivity index (χ4n) is 3.04. The van der Waals surface area contributed by atoms with E-state index in [0.29, 0.717) is 29.2 Å². The minimum absolute atomic E-state index is 0.0228. The molecule has 136 valence electrons. The quantitative estimate of drug-likeness (QED) is 0.774. The van der Waals surface area contributed by atoms with Crippen LogP contribution in [0.3, 0.4) is 0 Å². The molecule has 5 nitrogen and oxygen atoms in total. The second-order valence-electron chi connectivity index (χ2n) is 6.27. The van der Waals surface area contributed by atoms with Crippen molar-refractivity contribution in [3.63, 3.8) is 0 Å². The third-order valence-corrected chi connectivity index (χ3v) is 4.75. The number of benzene rings is 2. The molecule has 0 N–H and O–H groups in total. The molecule has 1 heterocycles. The molecule has 2 aromatic carbocycles. The van der Waals surface area contributed by atoms with E-state index in [1.54, 1.807) is 36.4 Å². The summed E-state index contributed by atoms with van der Waals surface area (Å²) in [5, 5.41) is 0.574. The fraction of sp³-hybridized carbons (Fsp3) is 0.300. The Morgan fingerprint density at radius 1 is 1.00 bits per heavy atom. The van der Waals surface area contributed by atoms with Crippen LogP contribution in [0.25, 0.3) is 0 Å². The van der Waals surface area contributed by atoms with E-state index in [1.807, 2.05) is 17.0 Å². The Balaban J connectivity index is 1.54. The molecule has 2 aromatic rings. The fourth-order valence-corrected chi connectivity index (χ4v) is 3.23. The number of carbonyl (C=O) groups is 2. The summed E-state index contributed by atoms with van der Waals surface area (Å²) < 4.78 is 4.71. The van der Waals surface area contributed by atoms with E-state index in [4.69, 9.17) is 16.3 Å². The number of nitrogens with zero attached hydrogens (tertiary/aromatic N) is 2. The zero-order valence-corrected chi connectivity index (χ0v) is 15.4. The summed E-state index contributed by atoms with van der Waals surface area (Å²) in [6, 6.07) is 14.5. The first-order valence-corrected chi connectivity index (χ1v) is 8.89. The van der Waals surface area contributed by atoms with Crippen LogP contribution in [0.2, 0.25) is 5.02 Å². The maximum atomic E-state index is 12.6. The van der Waals surface area contributed by atoms with E-state index in [-0.39, 0.29) is 11.9 Å². The van der Waals surface area contributed by atoms with Gasteiger partial charge in [-0.05, 0) is 35.9 Å². The monoisotopic (exact) mass is 372 g/mol. The van der Waals surface area contributed by atoms with E-state index in [0.717, 1.165) is 25.2 Å². The van der Waals surface area contributed by atoms with Gasteiger partial charge in [0.25, 0.3) is 5.91 Å². The van der Waals surface area contributed by atoms with Crippen LogP contribution in [0.1, 0.15) is 26.3 Å². The topological polar surface area (TPSA) is 49.9 Å². The SMILES string of the molecule is COC(=O)c1ccc(CN2CCN(C(=O)c3cccc(Cl)c3)CC2)cc1. The average molecular weight is 373 g/mol. The van der Waals surface area contributed by atoms with Crippen molar-refractivity contribution in [3.8, 4) is 0 Å². The molecule has 0 unspecified atom stereocenters. The van der Waals surface area contributed by atoms with Crippen molar-refractivity contribution < 1.29 is 14.3 Å². The van der Waals surface area contributed by atoms with Crippen LogP contribution in [0, 0.1) is 0 Å². The van der Waals surface area contributed by atoms with E-state index in [9.17, 15) is 9.59 Å². The van der Waals surface area contributed by atoms with Gasteiger partial charge >= 0.3 is 5.97 Å². The van der Waals surface area contributed by atoms with Gasteiger partial charge in [0, 0.05) is 43.3 Å². The summed E-state index contributed by atoms with van der Waals surface area (Å²) in [5.41, 5.74) is 2.31. The zero-order chi connectivity index (χ0) is 18.5. The zero-order valence-electron chi connectivity index (χ0n) is 14.7. The highest BCUT2D eigenvalue weighted by atomic mass is 35.5. The number of rotatable bonds is 4. The van der Waals surface area contributed by atoms with Gasteiger partial charge in [-0.25, -0.2) is 4.79 Å². The summed E-state index contributed by atoms with van der Waals surface area (Å²) in [4.78, 5) is 28.2. The van der Waals surface area contributed by atoms with Gasteiger partial charge in [0.2, 0.25) is 0 Å². The minimum Gasteiger partial charge on any atom is -0.465 e. The number of piperazine rings is 1. The molecule has 1 amide bonds. The van der Waals surface area contributed by atoms with Crippen LogP contribution in [0.4, 0.5) is 0 Å². The van der Waals surface area contributed by atoms with Crippen LogP contribution in [-0.4, -0.2) is 55.0 Å². The third-order valence-electron chi connectivity index (χ3n) is 4.51. The molecule has 1 aliphatic heterocycles. The summed E-state index contributed by atoms with van der Waals surface area (Å²) in [6.07, 6.45) is 0. The lowest BCUT2D eigenvalue weighted by atomic mass is 10.1. The van der Waals surface area contributed by atoms with Crippen molar-refractivity contribution in [1.82, 2.24) is 9.80 Å². The van der Waals surface area contributed by atoms with Gasteiger partial charge in [0.15, 0.2) is 0 Å². The number of amides is 1. The van der Waals surface area contributed by atoms with Gasteiger partial charge in [-0.3, -0.25) is 9.69 Å². The normalized spacial score (nSPS) is 14.9. The molecule has 26 heavy (non-hydrogen) atoms. The summed E-state index contributed by atoms with van der Waals surface area (Å²) in [6.45, 7) is 3.79. The standard InChI is InChI=1S/C20H21ClN2O3/c1-26-20(25)16-7-5-15(6-8-16)14-22-9-11-23(12-10-22)19(24)17-3-2-4-18(21)13-17/h2-8,13H,9-12,14H2,1H3. The molecule has 1 fully saturated rings. The van der Waals surface area contributed by atoms with Gasteiger partial charge in [-0.15, -0.1) is 0 Å². The molecular weight excluding hydrogens is 352 g/mol. The second-order valence-corrected chi connectivity index (χ2v) is 6.70. The van der Waals surface area contributed by atoms with Gasteiger partial charge in [-0.1, -0.05) is 29.8 Å². The number of halogens is 1. The van der Waals surface area contributed by atoms with Crippen LogP contribution in [-0.2, 0) is 11.3 Å². The Morgan fingerprint density at radius 3 is 2.31 bits per heavy atom. The number of carbonyl (C=O) groups excluding carboxylic acids is 2. The Hall–Kier alpha value is -2.37. The first-order chi connectivity index (χ1) is 12.6. The highest BCUT2D eigenvalue weighted by Gasteiger charge is 2.22. The van der Waals surface area contributed by atoms with Crippen LogP contribution in [0.5, 0.6) is 0 Å². The summed E-state index contributed by atoms with van der Waals surface area (Å²) >= 11 is 5.97. The highest BCUT2D eigenvalue weighted by molar-refractivity contribution is 6.30. The van der Waals surface area contributed by atoms with Crippen LogP contribution in [0.15, 0.2) is 48.5 Å². The van der Waals surface area contributed by atoms with Gasteiger partial charge in [0.1, 0.15) is 0 Å². The van der Waals surface area contributed by atoms with Crippen molar-refractivity contribution in [2.75, 3.05) is 33.3 Å². The smallest absolute Gasteiger partial charge is 0.337 e. The summed E-state index contributed by atoms with van der Waals surface area (Å²) in [7, 11) is 1.38. The van der Waals surface area contributed by atoms with Crippen molar-refractivity contribution in [1.29, 1.82) is 0 Å². The molecule has 0 saturated carbocycles. The Bertz CT molecular complexity index is 784. The Kier molecular flexibility index (Phi) is 5.91. The molecule has 1 aliphatic rings. The van der Waals surface area contributed by atoms with Crippen LogP contribution < -0.4 is 0 Å². The van der Waals surface area contributed by atoms with Gasteiger partial charge < -0.3 is 9.64 Å². The molecule has 3 rings (SSSR count). The maximum Gasteiger partial charge on any atom is 0.337 e.